The molecule has 2 nitrogen and oxygen atoms in total. The van der Waals surface area contributed by atoms with Crippen LogP contribution >= 0.6 is 0 Å². The van der Waals surface area contributed by atoms with Crippen molar-refractivity contribution in [3.05, 3.63) is 349 Å². The summed E-state index contributed by atoms with van der Waals surface area (Å²) in [6.45, 7) is 11.4. The molecule has 0 saturated heterocycles. The summed E-state index contributed by atoms with van der Waals surface area (Å²) in [7, 11) is 0. The molecule has 2 heterocycles. The van der Waals surface area contributed by atoms with Crippen LogP contribution in [0.1, 0.15) is 55.6 Å². The largest absolute Gasteiger partial charge is 0.253 e. The fourth-order valence-corrected chi connectivity index (χ4v) is 18.1. The Bertz CT molecular complexity index is 6160. The zero-order chi connectivity index (χ0) is 67.4. The molecule has 0 N–H and O–H groups in total. The van der Waals surface area contributed by atoms with Gasteiger partial charge >= 0.3 is 0 Å². The lowest BCUT2D eigenvalue weighted by molar-refractivity contribution is 0.658. The minimum Gasteiger partial charge on any atom is -0.253 e. The Kier molecular flexibility index (Phi) is 13.0. The first-order chi connectivity index (χ1) is 49.6. The second-order valence-electron chi connectivity index (χ2n) is 28.9. The summed E-state index contributed by atoms with van der Waals surface area (Å²) >= 11 is 0. The molecule has 0 fully saturated rings. The fraction of sp³-hybridized carbons (Fsp3) is 0.0707. The zero-order valence-electron chi connectivity index (χ0n) is 57.0. The number of benzene rings is 15. The molecule has 0 radical (unpaired) electrons. The first kappa shape index (κ1) is 58.8. The van der Waals surface area contributed by atoms with Gasteiger partial charge in [0.1, 0.15) is 0 Å². The molecule has 0 atom stereocenters. The minimum atomic E-state index is -0.126. The molecule has 0 saturated carbocycles. The van der Waals surface area contributed by atoms with Gasteiger partial charge in [0.05, 0.1) is 17.1 Å². The third-order valence-corrected chi connectivity index (χ3v) is 22.7. The van der Waals surface area contributed by atoms with Crippen molar-refractivity contribution in [3.63, 3.8) is 0 Å². The van der Waals surface area contributed by atoms with Crippen LogP contribution in [0.4, 0.5) is 0 Å². The smallest absolute Gasteiger partial charge is 0.0753 e. The maximum Gasteiger partial charge on any atom is 0.0753 e. The van der Waals surface area contributed by atoms with Crippen LogP contribution in [0.2, 0.25) is 0 Å². The van der Waals surface area contributed by atoms with Crippen molar-refractivity contribution < 1.29 is 0 Å². The monoisotopic (exact) mass is 1280 g/mol. The molecule has 4 aliphatic carbocycles. The summed E-state index contributed by atoms with van der Waals surface area (Å²) in [6.07, 6.45) is 0. The Morgan fingerprint density at radius 1 is 0.208 bits per heavy atom. The van der Waals surface area contributed by atoms with Crippen molar-refractivity contribution in [2.45, 2.75) is 45.4 Å². The summed E-state index contributed by atoms with van der Waals surface area (Å²) in [6, 6.07) is 119. The highest BCUT2D eigenvalue weighted by atomic mass is 14.7. The van der Waals surface area contributed by atoms with Gasteiger partial charge in [-0.3, -0.25) is 4.98 Å². The van der Waals surface area contributed by atoms with Crippen molar-refractivity contribution in [1.82, 2.24) is 9.97 Å². The minimum absolute atomic E-state index is 0.0722. The third kappa shape index (κ3) is 8.71. The maximum atomic E-state index is 5.33. The molecule has 101 heavy (non-hydrogen) atoms. The van der Waals surface area contributed by atoms with Gasteiger partial charge in [-0.25, -0.2) is 4.98 Å². The third-order valence-electron chi connectivity index (χ3n) is 22.7. The number of hydrogen-bond donors (Lipinski definition) is 0. The molecule has 474 valence electrons. The summed E-state index contributed by atoms with van der Waals surface area (Å²) in [5.41, 5.74) is 38.7. The van der Waals surface area contributed by atoms with Crippen molar-refractivity contribution >= 4 is 43.1 Å². The lowest BCUT2D eigenvalue weighted by Gasteiger charge is -2.21. The first-order valence-corrected chi connectivity index (χ1v) is 35.5. The van der Waals surface area contributed by atoms with E-state index in [9.17, 15) is 0 Å². The van der Waals surface area contributed by atoms with E-state index in [0.717, 1.165) is 28.3 Å². The summed E-state index contributed by atoms with van der Waals surface area (Å²) < 4.78 is 0. The second kappa shape index (κ2) is 22.3. The van der Waals surface area contributed by atoms with Crippen LogP contribution in [0.3, 0.4) is 0 Å². The van der Waals surface area contributed by atoms with E-state index in [1.54, 1.807) is 0 Å². The van der Waals surface area contributed by atoms with Crippen LogP contribution in [-0.2, 0) is 10.8 Å². The van der Waals surface area contributed by atoms with Crippen LogP contribution in [0.15, 0.2) is 322 Å². The Hall–Kier alpha value is -12.4. The average molecular weight is 1290 g/mol. The van der Waals surface area contributed by atoms with Crippen LogP contribution in [-0.4, -0.2) is 9.97 Å². The van der Waals surface area contributed by atoms with E-state index in [4.69, 9.17) is 9.97 Å². The second-order valence-corrected chi connectivity index (χ2v) is 28.9. The van der Waals surface area contributed by atoms with Crippen LogP contribution in [0, 0.1) is 6.92 Å². The van der Waals surface area contributed by atoms with Crippen LogP contribution < -0.4 is 0 Å². The van der Waals surface area contributed by atoms with E-state index >= 15 is 0 Å². The molecule has 15 aromatic carbocycles. The highest BCUT2D eigenvalue weighted by molar-refractivity contribution is 6.31. The predicted octanol–water partition coefficient (Wildman–Crippen LogP) is 26.7. The summed E-state index contributed by atoms with van der Waals surface area (Å²) in [4.78, 5) is 10.4. The Morgan fingerprint density at radius 3 is 0.901 bits per heavy atom. The number of pyridine rings is 2. The summed E-state index contributed by atoms with van der Waals surface area (Å²) in [5, 5.41) is 10.4. The molecule has 0 amide bonds. The van der Waals surface area contributed by atoms with Gasteiger partial charge in [0.2, 0.25) is 0 Å². The number of aryl methyl sites for hydroxylation is 1. The molecule has 4 aliphatic rings. The van der Waals surface area contributed by atoms with Crippen LogP contribution in [0.5, 0.6) is 0 Å². The van der Waals surface area contributed by atoms with Gasteiger partial charge < -0.3 is 0 Å². The lowest BCUT2D eigenvalue weighted by atomic mass is 9.82. The van der Waals surface area contributed by atoms with Gasteiger partial charge in [0.25, 0.3) is 0 Å². The lowest BCUT2D eigenvalue weighted by Crippen LogP contribution is -2.15. The Labute approximate surface area is 589 Å². The Balaban J connectivity index is 0.000000136. The highest BCUT2D eigenvalue weighted by Crippen LogP contribution is 2.62. The quantitative estimate of drug-likeness (QED) is 0.159. The molecule has 0 aliphatic heterocycles. The number of nitrogens with zero attached hydrogens (tertiary/aromatic N) is 2. The van der Waals surface area contributed by atoms with E-state index in [0.29, 0.717) is 0 Å². The first-order valence-electron chi connectivity index (χ1n) is 35.5. The predicted molar refractivity (Wildman–Crippen MR) is 425 cm³/mol. The van der Waals surface area contributed by atoms with E-state index in [1.165, 1.54) is 188 Å². The van der Waals surface area contributed by atoms with Crippen molar-refractivity contribution in [2.24, 2.45) is 0 Å². The van der Waals surface area contributed by atoms with Gasteiger partial charge in [0, 0.05) is 33.2 Å². The SMILES string of the molecule is CC1(C)c2ccc(-c3ccc4c5c(cccc35)-c3c-4c(-c4ccccc4)c4ccccc4c3-c3ccccc3)cc2-c2nc(-c3ccccc3)ccc21.Cc1ccc2c(n1)-c1cc(-c3ccc4c5c(cccc35)-c3c-4c(-c4ccccc4)c4ccccc4c3-c3ccccc3)ccc1C2(C)C. The molecule has 17 aromatic rings. The molecule has 2 aromatic heterocycles. The van der Waals surface area contributed by atoms with Gasteiger partial charge in [-0.2, -0.15) is 0 Å². The van der Waals surface area contributed by atoms with Crippen LogP contribution in [0.25, 0.3) is 188 Å². The molecule has 21 rings (SSSR count). The fourth-order valence-electron chi connectivity index (χ4n) is 18.1. The van der Waals surface area contributed by atoms with E-state index in [2.05, 4.69) is 356 Å². The molecule has 0 spiro atoms. The van der Waals surface area contributed by atoms with E-state index < -0.39 is 0 Å². The molecule has 2 heteroatoms. The van der Waals surface area contributed by atoms with Gasteiger partial charge in [-0.1, -0.05) is 325 Å². The topological polar surface area (TPSA) is 25.8 Å². The van der Waals surface area contributed by atoms with Gasteiger partial charge in [-0.05, 0) is 208 Å². The number of hydrogen-bond acceptors (Lipinski definition) is 2. The molecule has 0 unspecified atom stereocenters. The van der Waals surface area contributed by atoms with Gasteiger partial charge in [-0.15, -0.1) is 0 Å². The number of aromatic nitrogens is 2. The normalized spacial score (nSPS) is 13.4. The number of fused-ring (bicyclic) bond motifs is 14. The molecular formula is C99H68N2. The van der Waals surface area contributed by atoms with E-state index in [-0.39, 0.29) is 10.8 Å². The maximum absolute atomic E-state index is 5.33. The summed E-state index contributed by atoms with van der Waals surface area (Å²) in [5.74, 6) is 0. The van der Waals surface area contributed by atoms with Crippen molar-refractivity contribution in [2.75, 3.05) is 0 Å². The molecular weight excluding hydrogens is 1220 g/mol. The van der Waals surface area contributed by atoms with Gasteiger partial charge in [0.15, 0.2) is 0 Å². The van der Waals surface area contributed by atoms with Crippen molar-refractivity contribution in [1.29, 1.82) is 0 Å². The highest BCUT2D eigenvalue weighted by Gasteiger charge is 2.40. The average Bonchev–Trinajstić information content (AvgIpc) is 1.56. The van der Waals surface area contributed by atoms with Crippen molar-refractivity contribution in [3.8, 4) is 145 Å². The molecule has 0 bridgehead atoms. The van der Waals surface area contributed by atoms with E-state index in [1.807, 2.05) is 0 Å². The standard InChI is InChI=1S/C52H35N.C47H33N/c1-52(2)43-28-25-35(31-42(43)51-44(52)29-30-45(53-51)32-15-6-3-7-16-32)36-26-27-41-48-37(36)23-14-24-40(48)49-46(33-17-8-4-9-18-33)38-21-12-13-22-39(38)47(50(41)49)34-19-10-5-11-20-34;1-28-21-25-40-46(48-28)38-27-31(22-26-39(38)47(40,2)3)32-23-24-37-43-33(32)19-12-20-36(43)44-41(29-13-6-4-7-14-29)34-17-10-11-18-35(34)42(45(37)44)30-15-8-5-9-16-30/h3-31H,1-2H3;4-27H,1-3H3. The number of rotatable bonds is 7. The Morgan fingerprint density at radius 2 is 0.515 bits per heavy atom. The zero-order valence-corrected chi connectivity index (χ0v) is 57.0.